The fourth-order valence-electron chi connectivity index (χ4n) is 2.14. The second-order valence-electron chi connectivity index (χ2n) is 5.25. The average Bonchev–Trinajstić information content (AvgIpc) is 2.38. The van der Waals surface area contributed by atoms with Crippen molar-refractivity contribution in [3.8, 4) is 0 Å². The van der Waals surface area contributed by atoms with Crippen molar-refractivity contribution in [3.63, 3.8) is 0 Å². The van der Waals surface area contributed by atoms with Gasteiger partial charge in [0.2, 0.25) is 0 Å². The van der Waals surface area contributed by atoms with Crippen molar-refractivity contribution in [2.75, 3.05) is 19.7 Å². The predicted octanol–water partition coefficient (Wildman–Crippen LogP) is 4.53. The summed E-state index contributed by atoms with van der Waals surface area (Å²) in [4.78, 5) is 0. The highest BCUT2D eigenvalue weighted by Gasteiger charge is 2.06. The van der Waals surface area contributed by atoms with E-state index in [0.717, 1.165) is 19.7 Å². The van der Waals surface area contributed by atoms with Crippen LogP contribution in [-0.2, 0) is 4.74 Å². The van der Waals surface area contributed by atoms with E-state index >= 15 is 0 Å². The topological polar surface area (TPSA) is 21.3 Å². The summed E-state index contributed by atoms with van der Waals surface area (Å²) < 4.78 is 5.97. The summed E-state index contributed by atoms with van der Waals surface area (Å²) in [5.74, 6) is 0. The molecule has 1 atom stereocenters. The molecule has 0 fully saturated rings. The third-order valence-corrected chi connectivity index (χ3v) is 3.26. The third-order valence-electron chi connectivity index (χ3n) is 3.26. The molecule has 0 saturated heterocycles. The molecule has 0 aliphatic carbocycles. The second-order valence-corrected chi connectivity index (χ2v) is 5.25. The van der Waals surface area contributed by atoms with Gasteiger partial charge in [-0.25, -0.2) is 0 Å². The number of ether oxygens (including phenoxy) is 1. The molecule has 0 aromatic rings. The van der Waals surface area contributed by atoms with Crippen molar-refractivity contribution >= 4 is 0 Å². The molecule has 0 aliphatic heterocycles. The molecule has 0 radical (unpaired) electrons. The highest BCUT2D eigenvalue weighted by molar-refractivity contribution is 4.61. The van der Waals surface area contributed by atoms with E-state index < -0.39 is 0 Å². The first-order valence-electron chi connectivity index (χ1n) is 8.17. The zero-order valence-electron chi connectivity index (χ0n) is 13.0. The van der Waals surface area contributed by atoms with Crippen LogP contribution in [-0.4, -0.2) is 25.8 Å². The maximum atomic E-state index is 5.97. The lowest BCUT2D eigenvalue weighted by atomic mass is 10.1. The van der Waals surface area contributed by atoms with Crippen LogP contribution in [0.4, 0.5) is 0 Å². The number of hydrogen-bond acceptors (Lipinski definition) is 2. The fraction of sp³-hybridized carbons (Fsp3) is 1.00. The van der Waals surface area contributed by atoms with Crippen molar-refractivity contribution < 1.29 is 4.74 Å². The van der Waals surface area contributed by atoms with Crippen LogP contribution < -0.4 is 5.32 Å². The normalized spacial score (nSPS) is 12.8. The van der Waals surface area contributed by atoms with Gasteiger partial charge in [-0.2, -0.15) is 0 Å². The molecule has 1 unspecified atom stereocenters. The van der Waals surface area contributed by atoms with Gasteiger partial charge in [-0.05, 0) is 25.8 Å². The molecule has 0 aromatic heterocycles. The first-order chi connectivity index (χ1) is 8.85. The van der Waals surface area contributed by atoms with E-state index in [1.54, 1.807) is 0 Å². The number of hydrogen-bond donors (Lipinski definition) is 1. The molecule has 0 bridgehead atoms. The summed E-state index contributed by atoms with van der Waals surface area (Å²) in [5, 5.41) is 3.46. The Morgan fingerprint density at radius 2 is 1.56 bits per heavy atom. The van der Waals surface area contributed by atoms with Crippen molar-refractivity contribution in [1.29, 1.82) is 0 Å². The van der Waals surface area contributed by atoms with Gasteiger partial charge in [0.25, 0.3) is 0 Å². The molecule has 0 saturated carbocycles. The fourth-order valence-corrected chi connectivity index (χ4v) is 2.14. The Morgan fingerprint density at radius 3 is 2.22 bits per heavy atom. The molecule has 0 amide bonds. The monoisotopic (exact) mass is 257 g/mol. The molecule has 2 heteroatoms. The minimum Gasteiger partial charge on any atom is -0.377 e. The van der Waals surface area contributed by atoms with Crippen molar-refractivity contribution in [3.05, 3.63) is 0 Å². The first-order valence-corrected chi connectivity index (χ1v) is 8.17. The van der Waals surface area contributed by atoms with Gasteiger partial charge in [0.15, 0.2) is 0 Å². The van der Waals surface area contributed by atoms with E-state index in [9.17, 15) is 0 Å². The summed E-state index contributed by atoms with van der Waals surface area (Å²) in [7, 11) is 0. The highest BCUT2D eigenvalue weighted by atomic mass is 16.5. The van der Waals surface area contributed by atoms with Crippen LogP contribution in [0.1, 0.15) is 78.6 Å². The van der Waals surface area contributed by atoms with Gasteiger partial charge in [0, 0.05) is 13.2 Å². The molecule has 110 valence electrons. The van der Waals surface area contributed by atoms with Gasteiger partial charge in [0.1, 0.15) is 0 Å². The predicted molar refractivity (Wildman–Crippen MR) is 81.2 cm³/mol. The Balaban J connectivity index is 3.39. The van der Waals surface area contributed by atoms with Gasteiger partial charge in [-0.15, -0.1) is 0 Å². The summed E-state index contributed by atoms with van der Waals surface area (Å²) >= 11 is 0. The van der Waals surface area contributed by atoms with E-state index in [1.165, 1.54) is 57.8 Å². The zero-order valence-corrected chi connectivity index (χ0v) is 13.0. The highest BCUT2D eigenvalue weighted by Crippen LogP contribution is 2.07. The molecule has 0 heterocycles. The standard InChI is InChI=1S/C16H35NO/c1-4-7-8-9-10-11-14-18-16(12-5-2)15-17-13-6-3/h16-17H,4-15H2,1-3H3. The Hall–Kier alpha value is -0.0800. The zero-order chi connectivity index (χ0) is 13.5. The van der Waals surface area contributed by atoms with Crippen LogP contribution in [0.15, 0.2) is 0 Å². The smallest absolute Gasteiger partial charge is 0.0699 e. The van der Waals surface area contributed by atoms with Gasteiger partial charge >= 0.3 is 0 Å². The van der Waals surface area contributed by atoms with Crippen molar-refractivity contribution in [2.24, 2.45) is 0 Å². The van der Waals surface area contributed by atoms with Crippen LogP contribution in [0.3, 0.4) is 0 Å². The van der Waals surface area contributed by atoms with Crippen LogP contribution in [0, 0.1) is 0 Å². The Morgan fingerprint density at radius 1 is 0.833 bits per heavy atom. The molecule has 2 nitrogen and oxygen atoms in total. The number of rotatable bonds is 14. The molecular weight excluding hydrogens is 222 g/mol. The summed E-state index contributed by atoms with van der Waals surface area (Å²) in [6.07, 6.45) is 12.1. The van der Waals surface area contributed by atoms with Crippen molar-refractivity contribution in [2.45, 2.75) is 84.7 Å². The molecular formula is C16H35NO. The summed E-state index contributed by atoms with van der Waals surface area (Å²) in [6, 6.07) is 0. The Kier molecular flexibility index (Phi) is 14.9. The summed E-state index contributed by atoms with van der Waals surface area (Å²) in [5.41, 5.74) is 0. The molecule has 18 heavy (non-hydrogen) atoms. The number of nitrogens with one attached hydrogen (secondary N) is 1. The lowest BCUT2D eigenvalue weighted by molar-refractivity contribution is 0.0446. The largest absolute Gasteiger partial charge is 0.377 e. The van der Waals surface area contributed by atoms with E-state index in [1.807, 2.05) is 0 Å². The quantitative estimate of drug-likeness (QED) is 0.462. The minimum atomic E-state index is 0.428. The Labute approximate surface area is 115 Å². The van der Waals surface area contributed by atoms with Crippen LogP contribution in [0.5, 0.6) is 0 Å². The molecule has 0 aromatic carbocycles. The lowest BCUT2D eigenvalue weighted by Gasteiger charge is -2.17. The van der Waals surface area contributed by atoms with Gasteiger partial charge in [0.05, 0.1) is 6.10 Å². The molecule has 0 rings (SSSR count). The van der Waals surface area contributed by atoms with Gasteiger partial charge < -0.3 is 10.1 Å². The van der Waals surface area contributed by atoms with Gasteiger partial charge in [-0.1, -0.05) is 59.3 Å². The molecule has 0 aliphatic rings. The average molecular weight is 257 g/mol. The number of unbranched alkanes of at least 4 members (excludes halogenated alkanes) is 5. The lowest BCUT2D eigenvalue weighted by Crippen LogP contribution is -2.30. The van der Waals surface area contributed by atoms with Crippen LogP contribution in [0.2, 0.25) is 0 Å². The first kappa shape index (κ1) is 17.9. The van der Waals surface area contributed by atoms with Crippen molar-refractivity contribution in [1.82, 2.24) is 5.32 Å². The minimum absolute atomic E-state index is 0.428. The van der Waals surface area contributed by atoms with E-state index in [-0.39, 0.29) is 0 Å². The second kappa shape index (κ2) is 15.0. The van der Waals surface area contributed by atoms with Crippen LogP contribution in [0.25, 0.3) is 0 Å². The maximum absolute atomic E-state index is 5.97. The van der Waals surface area contributed by atoms with Crippen LogP contribution >= 0.6 is 0 Å². The third kappa shape index (κ3) is 12.4. The van der Waals surface area contributed by atoms with Gasteiger partial charge in [-0.3, -0.25) is 0 Å². The molecule has 1 N–H and O–H groups in total. The van der Waals surface area contributed by atoms with E-state index in [2.05, 4.69) is 26.1 Å². The maximum Gasteiger partial charge on any atom is 0.0699 e. The molecule has 0 spiro atoms. The Bertz CT molecular complexity index is 150. The SMILES string of the molecule is CCCCCCCCOC(CCC)CNCCC. The summed E-state index contributed by atoms with van der Waals surface area (Å²) in [6.45, 7) is 9.80. The van der Waals surface area contributed by atoms with E-state index in [4.69, 9.17) is 4.74 Å². The van der Waals surface area contributed by atoms with E-state index in [0.29, 0.717) is 6.10 Å².